The van der Waals surface area contributed by atoms with Crippen LogP contribution in [0.3, 0.4) is 0 Å². The normalized spacial score (nSPS) is 9.53. The second-order valence-electron chi connectivity index (χ2n) is 2.78. The van der Waals surface area contributed by atoms with E-state index in [-0.39, 0.29) is 12.0 Å². The molecule has 0 radical (unpaired) electrons. The molecule has 1 heterocycles. The minimum Gasteiger partial charge on any atom is -0.481 e. The first-order valence-corrected chi connectivity index (χ1v) is 4.60. The van der Waals surface area contributed by atoms with Crippen LogP contribution < -0.4 is 15.4 Å². The van der Waals surface area contributed by atoms with Crippen molar-refractivity contribution in [2.75, 3.05) is 19.5 Å². The number of aryl methyl sites for hydroxylation is 1. The molecule has 0 aliphatic rings. The fraction of sp³-hybridized carbons (Fsp3) is 0.444. The Kier molecular flexibility index (Phi) is 3.84. The highest BCUT2D eigenvalue weighted by molar-refractivity contribution is 5.87. The van der Waals surface area contributed by atoms with Crippen molar-refractivity contribution >= 4 is 12.0 Å². The van der Waals surface area contributed by atoms with Gasteiger partial charge in [0.2, 0.25) is 11.8 Å². The summed E-state index contributed by atoms with van der Waals surface area (Å²) in [6.07, 6.45) is 0.751. The average Bonchev–Trinajstić information content (AvgIpc) is 2.28. The lowest BCUT2D eigenvalue weighted by Crippen LogP contribution is -2.25. The van der Waals surface area contributed by atoms with Gasteiger partial charge in [0.05, 0.1) is 7.11 Å². The molecule has 0 saturated heterocycles. The second-order valence-corrected chi connectivity index (χ2v) is 2.78. The van der Waals surface area contributed by atoms with E-state index in [4.69, 9.17) is 4.74 Å². The topological polar surface area (TPSA) is 76.1 Å². The molecule has 1 aromatic rings. The van der Waals surface area contributed by atoms with E-state index in [1.807, 2.05) is 6.92 Å². The molecule has 0 aliphatic heterocycles. The van der Waals surface area contributed by atoms with Crippen LogP contribution in [0.5, 0.6) is 5.88 Å². The number of hydrogen-bond donors (Lipinski definition) is 2. The molecule has 0 saturated carbocycles. The van der Waals surface area contributed by atoms with Crippen LogP contribution in [-0.4, -0.2) is 30.2 Å². The van der Waals surface area contributed by atoms with Gasteiger partial charge in [-0.15, -0.1) is 0 Å². The molecule has 2 N–H and O–H groups in total. The Hall–Kier alpha value is -1.85. The summed E-state index contributed by atoms with van der Waals surface area (Å²) in [7, 11) is 3.04. The van der Waals surface area contributed by atoms with Gasteiger partial charge in [0.25, 0.3) is 0 Å². The molecule has 0 atom stereocenters. The van der Waals surface area contributed by atoms with Crippen LogP contribution in [0.4, 0.5) is 10.7 Å². The Morgan fingerprint density at radius 3 is 2.80 bits per heavy atom. The molecule has 0 bridgehead atoms. The number of hydrogen-bond acceptors (Lipinski definition) is 4. The van der Waals surface area contributed by atoms with Gasteiger partial charge in [-0.25, -0.2) is 9.78 Å². The highest BCUT2D eigenvalue weighted by atomic mass is 16.5. The standard InChI is InChI=1S/C9H14N4O2/c1-4-6-5-7(15-3)12-8(11-6)13-9(14)10-2/h5H,4H2,1-3H3,(H2,10,11,12,13,14). The number of nitrogens with one attached hydrogen (secondary N) is 2. The van der Waals surface area contributed by atoms with E-state index in [0.717, 1.165) is 12.1 Å². The van der Waals surface area contributed by atoms with Crippen molar-refractivity contribution in [2.45, 2.75) is 13.3 Å². The fourth-order valence-corrected chi connectivity index (χ4v) is 0.978. The number of rotatable bonds is 3. The molecule has 82 valence electrons. The number of aromatic nitrogens is 2. The smallest absolute Gasteiger partial charge is 0.321 e. The number of amides is 2. The molecule has 1 aromatic heterocycles. The summed E-state index contributed by atoms with van der Waals surface area (Å²) >= 11 is 0. The highest BCUT2D eigenvalue weighted by Crippen LogP contribution is 2.12. The number of urea groups is 1. The Labute approximate surface area is 88.1 Å². The van der Waals surface area contributed by atoms with Crippen LogP contribution >= 0.6 is 0 Å². The first kappa shape index (κ1) is 11.2. The number of ether oxygens (including phenoxy) is 1. The largest absolute Gasteiger partial charge is 0.481 e. The van der Waals surface area contributed by atoms with E-state index >= 15 is 0 Å². The summed E-state index contributed by atoms with van der Waals surface area (Å²) in [4.78, 5) is 19.1. The second kappa shape index (κ2) is 5.14. The van der Waals surface area contributed by atoms with Crippen molar-refractivity contribution in [2.24, 2.45) is 0 Å². The van der Waals surface area contributed by atoms with Gasteiger partial charge in [-0.3, -0.25) is 5.32 Å². The van der Waals surface area contributed by atoms with Gasteiger partial charge in [0.15, 0.2) is 0 Å². The third kappa shape index (κ3) is 3.08. The number of anilines is 1. The Morgan fingerprint density at radius 2 is 2.27 bits per heavy atom. The minimum atomic E-state index is -0.356. The molecule has 0 aromatic carbocycles. The molecule has 6 nitrogen and oxygen atoms in total. The third-order valence-electron chi connectivity index (χ3n) is 1.78. The highest BCUT2D eigenvalue weighted by Gasteiger charge is 2.06. The fourth-order valence-electron chi connectivity index (χ4n) is 0.978. The SMILES string of the molecule is CCc1cc(OC)nc(NC(=O)NC)n1. The van der Waals surface area contributed by atoms with Crippen molar-refractivity contribution < 1.29 is 9.53 Å². The molecular formula is C9H14N4O2. The number of methoxy groups -OCH3 is 1. The summed E-state index contributed by atoms with van der Waals surface area (Å²) in [5, 5.41) is 4.91. The van der Waals surface area contributed by atoms with Crippen molar-refractivity contribution in [1.82, 2.24) is 15.3 Å². The van der Waals surface area contributed by atoms with Gasteiger partial charge < -0.3 is 10.1 Å². The summed E-state index contributed by atoms with van der Waals surface area (Å²) in [5.74, 6) is 0.679. The summed E-state index contributed by atoms with van der Waals surface area (Å²) < 4.78 is 4.99. The monoisotopic (exact) mass is 210 g/mol. The summed E-state index contributed by atoms with van der Waals surface area (Å²) in [6, 6.07) is 1.37. The molecular weight excluding hydrogens is 196 g/mol. The van der Waals surface area contributed by atoms with E-state index in [0.29, 0.717) is 5.88 Å². The Balaban J connectivity index is 2.91. The number of nitrogens with zero attached hydrogens (tertiary/aromatic N) is 2. The van der Waals surface area contributed by atoms with E-state index in [2.05, 4.69) is 20.6 Å². The average molecular weight is 210 g/mol. The maximum atomic E-state index is 11.0. The van der Waals surface area contributed by atoms with Gasteiger partial charge in [0.1, 0.15) is 0 Å². The molecule has 0 aliphatic carbocycles. The molecule has 6 heteroatoms. The van der Waals surface area contributed by atoms with E-state index < -0.39 is 0 Å². The van der Waals surface area contributed by atoms with Gasteiger partial charge in [-0.05, 0) is 6.42 Å². The lowest BCUT2D eigenvalue weighted by Gasteiger charge is -2.06. The third-order valence-corrected chi connectivity index (χ3v) is 1.78. The van der Waals surface area contributed by atoms with Crippen LogP contribution in [0.15, 0.2) is 6.07 Å². The van der Waals surface area contributed by atoms with Gasteiger partial charge >= 0.3 is 6.03 Å². The zero-order chi connectivity index (χ0) is 11.3. The Morgan fingerprint density at radius 1 is 1.53 bits per heavy atom. The minimum absolute atomic E-state index is 0.241. The van der Waals surface area contributed by atoms with Crippen LogP contribution in [0, 0.1) is 0 Å². The van der Waals surface area contributed by atoms with Crippen LogP contribution in [-0.2, 0) is 6.42 Å². The van der Waals surface area contributed by atoms with E-state index in [1.165, 1.54) is 14.2 Å². The van der Waals surface area contributed by atoms with Gasteiger partial charge in [0, 0.05) is 18.8 Å². The first-order chi connectivity index (χ1) is 7.19. The summed E-state index contributed by atoms with van der Waals surface area (Å²) in [6.45, 7) is 1.96. The van der Waals surface area contributed by atoms with Crippen molar-refractivity contribution in [3.05, 3.63) is 11.8 Å². The lowest BCUT2D eigenvalue weighted by molar-refractivity contribution is 0.253. The lowest BCUT2D eigenvalue weighted by atomic mass is 10.3. The maximum absolute atomic E-state index is 11.0. The number of carbonyl (C=O) groups excluding carboxylic acids is 1. The van der Waals surface area contributed by atoms with Crippen molar-refractivity contribution in [3.63, 3.8) is 0 Å². The van der Waals surface area contributed by atoms with Crippen LogP contribution in [0.25, 0.3) is 0 Å². The van der Waals surface area contributed by atoms with E-state index in [9.17, 15) is 4.79 Å². The quantitative estimate of drug-likeness (QED) is 0.773. The van der Waals surface area contributed by atoms with Crippen LogP contribution in [0.2, 0.25) is 0 Å². The predicted octanol–water partition coefficient (Wildman–Crippen LogP) is 0.799. The Bertz CT molecular complexity index is 332. The van der Waals surface area contributed by atoms with Gasteiger partial charge in [-0.2, -0.15) is 4.98 Å². The van der Waals surface area contributed by atoms with Gasteiger partial charge in [-0.1, -0.05) is 6.92 Å². The molecule has 2 amide bonds. The van der Waals surface area contributed by atoms with Crippen molar-refractivity contribution in [3.8, 4) is 5.88 Å². The zero-order valence-electron chi connectivity index (χ0n) is 9.00. The molecule has 0 fully saturated rings. The number of carbonyl (C=O) groups is 1. The molecule has 15 heavy (non-hydrogen) atoms. The molecule has 0 spiro atoms. The molecule has 1 rings (SSSR count). The zero-order valence-corrected chi connectivity index (χ0v) is 9.00. The first-order valence-electron chi connectivity index (χ1n) is 4.60. The maximum Gasteiger partial charge on any atom is 0.321 e. The van der Waals surface area contributed by atoms with Crippen LogP contribution in [0.1, 0.15) is 12.6 Å². The van der Waals surface area contributed by atoms with Crippen molar-refractivity contribution in [1.29, 1.82) is 0 Å². The summed E-state index contributed by atoms with van der Waals surface area (Å²) in [5.41, 5.74) is 0.813. The molecule has 0 unspecified atom stereocenters. The van der Waals surface area contributed by atoms with E-state index in [1.54, 1.807) is 6.07 Å². The predicted molar refractivity (Wildman–Crippen MR) is 56.0 cm³/mol.